The van der Waals surface area contributed by atoms with Gasteiger partial charge in [-0.2, -0.15) is 0 Å². The molecule has 1 amide bonds. The molecule has 1 aliphatic carbocycles. The van der Waals surface area contributed by atoms with Crippen LogP contribution in [0.5, 0.6) is 5.75 Å². The third kappa shape index (κ3) is 7.40. The number of anilines is 1. The lowest BCUT2D eigenvalue weighted by molar-refractivity contribution is -0.0361. The number of aliphatic hydroxyl groups excluding tert-OH is 1. The highest BCUT2D eigenvalue weighted by Crippen LogP contribution is 2.34. The van der Waals surface area contributed by atoms with E-state index in [0.717, 1.165) is 88.5 Å². The molecular formula is C32H47N5O4. The number of morpholine rings is 1. The van der Waals surface area contributed by atoms with Gasteiger partial charge in [-0.3, -0.25) is 9.69 Å². The molecule has 1 saturated carbocycles. The van der Waals surface area contributed by atoms with Crippen molar-refractivity contribution >= 4 is 11.6 Å². The molecule has 0 spiro atoms. The van der Waals surface area contributed by atoms with E-state index in [1.54, 1.807) is 12.1 Å². The van der Waals surface area contributed by atoms with Crippen molar-refractivity contribution in [3.63, 3.8) is 0 Å². The van der Waals surface area contributed by atoms with Gasteiger partial charge in [0, 0.05) is 56.1 Å². The lowest BCUT2D eigenvalue weighted by Crippen LogP contribution is -2.59. The highest BCUT2D eigenvalue weighted by atomic mass is 16.5. The van der Waals surface area contributed by atoms with Crippen molar-refractivity contribution in [2.24, 2.45) is 5.73 Å². The Morgan fingerprint density at radius 1 is 1.05 bits per heavy atom. The van der Waals surface area contributed by atoms with Crippen molar-refractivity contribution < 1.29 is 19.4 Å². The van der Waals surface area contributed by atoms with Gasteiger partial charge in [-0.05, 0) is 67.1 Å². The second-order valence-electron chi connectivity index (χ2n) is 11.8. The molecule has 9 heteroatoms. The van der Waals surface area contributed by atoms with E-state index in [1.807, 2.05) is 30.3 Å². The minimum Gasteiger partial charge on any atom is -0.490 e. The Labute approximate surface area is 244 Å². The smallest absolute Gasteiger partial charge is 0.251 e. The number of nitrogens with two attached hydrogens (primary N) is 2. The van der Waals surface area contributed by atoms with Crippen molar-refractivity contribution in [2.45, 2.75) is 62.6 Å². The van der Waals surface area contributed by atoms with Gasteiger partial charge in [-0.1, -0.05) is 31.4 Å². The van der Waals surface area contributed by atoms with Crippen molar-refractivity contribution in [1.29, 1.82) is 0 Å². The van der Waals surface area contributed by atoms with Crippen LogP contribution in [-0.4, -0.2) is 91.5 Å². The molecule has 3 aliphatic rings. The number of rotatable bonds is 10. The Balaban J connectivity index is 1.21. The zero-order valence-electron chi connectivity index (χ0n) is 24.2. The number of hydrogen-bond donors (Lipinski definition) is 4. The first-order valence-electron chi connectivity index (χ1n) is 15.3. The molecule has 3 fully saturated rings. The molecule has 2 aliphatic heterocycles. The Kier molecular flexibility index (Phi) is 10.2. The Hall–Kier alpha value is -2.69. The number of hydrogen-bond acceptors (Lipinski definition) is 8. The molecule has 9 nitrogen and oxygen atoms in total. The number of β-amino-alcohol motifs (C(OH)–C–C–N with tert-alkyl or cyclic N) is 1. The summed E-state index contributed by atoms with van der Waals surface area (Å²) in [6.45, 7) is 6.78. The second kappa shape index (κ2) is 14.0. The number of nitrogens with zero attached hydrogens (tertiary/aromatic N) is 2. The van der Waals surface area contributed by atoms with Gasteiger partial charge in [0.15, 0.2) is 0 Å². The minimum atomic E-state index is -0.462. The summed E-state index contributed by atoms with van der Waals surface area (Å²) in [6, 6.07) is 12.8. The van der Waals surface area contributed by atoms with Crippen molar-refractivity contribution in [3.05, 3.63) is 59.2 Å². The van der Waals surface area contributed by atoms with Gasteiger partial charge in [-0.15, -0.1) is 0 Å². The molecule has 0 aromatic heterocycles. The largest absolute Gasteiger partial charge is 0.490 e. The predicted molar refractivity (Wildman–Crippen MR) is 161 cm³/mol. The lowest BCUT2D eigenvalue weighted by Gasteiger charge is -2.48. The summed E-state index contributed by atoms with van der Waals surface area (Å²) in [5.74, 6) is 0.727. The Morgan fingerprint density at radius 2 is 1.76 bits per heavy atom. The zero-order valence-corrected chi connectivity index (χ0v) is 24.2. The maximum absolute atomic E-state index is 13.4. The standard InChI is InChI=1S/C32H47N5O4/c33-29-9-6-25(31(39)35-23-32(12-2-1-3-13-32)37-17-20-40-21-18-37)22-28(29)30(34)24-4-7-26(8-5-24)41-27-10-14-36(15-11-27)16-19-38/h4-9,22,27,30,38H,1-3,10-21,23,33-34H2,(H,35,39). The van der Waals surface area contributed by atoms with Gasteiger partial charge < -0.3 is 36.3 Å². The van der Waals surface area contributed by atoms with Crippen molar-refractivity contribution in [1.82, 2.24) is 15.1 Å². The van der Waals surface area contributed by atoms with Crippen LogP contribution < -0.4 is 21.5 Å². The maximum atomic E-state index is 13.4. The van der Waals surface area contributed by atoms with E-state index < -0.39 is 6.04 Å². The topological polar surface area (TPSA) is 126 Å². The molecule has 2 saturated heterocycles. The van der Waals surface area contributed by atoms with Crippen molar-refractivity contribution in [2.75, 3.05) is 64.8 Å². The summed E-state index contributed by atoms with van der Waals surface area (Å²) < 4.78 is 11.8. The Morgan fingerprint density at radius 3 is 2.44 bits per heavy atom. The van der Waals surface area contributed by atoms with E-state index in [4.69, 9.17) is 26.0 Å². The fourth-order valence-electron chi connectivity index (χ4n) is 6.70. The fourth-order valence-corrected chi connectivity index (χ4v) is 6.70. The van der Waals surface area contributed by atoms with E-state index in [9.17, 15) is 4.79 Å². The van der Waals surface area contributed by atoms with Gasteiger partial charge in [0.2, 0.25) is 0 Å². The first kappa shape index (κ1) is 29.8. The molecule has 2 aromatic carbocycles. The molecule has 2 aromatic rings. The number of likely N-dealkylation sites (tertiary alicyclic amines) is 1. The van der Waals surface area contributed by atoms with Crippen LogP contribution in [0.25, 0.3) is 0 Å². The van der Waals surface area contributed by atoms with E-state index in [1.165, 1.54) is 19.3 Å². The normalized spacial score (nSPS) is 21.3. The summed E-state index contributed by atoms with van der Waals surface area (Å²) in [5.41, 5.74) is 15.8. The Bertz CT molecular complexity index is 1120. The van der Waals surface area contributed by atoms with E-state index >= 15 is 0 Å². The second-order valence-corrected chi connectivity index (χ2v) is 11.8. The molecule has 224 valence electrons. The van der Waals surface area contributed by atoms with E-state index in [-0.39, 0.29) is 24.2 Å². The summed E-state index contributed by atoms with van der Waals surface area (Å²) in [7, 11) is 0. The summed E-state index contributed by atoms with van der Waals surface area (Å²) in [5, 5.41) is 12.4. The lowest BCUT2D eigenvalue weighted by atomic mass is 9.79. The van der Waals surface area contributed by atoms with E-state index in [0.29, 0.717) is 17.8 Å². The number of nitrogen functional groups attached to an aromatic ring is 1. The monoisotopic (exact) mass is 565 g/mol. The first-order valence-corrected chi connectivity index (χ1v) is 15.3. The number of amides is 1. The third-order valence-corrected chi connectivity index (χ3v) is 9.22. The van der Waals surface area contributed by atoms with E-state index in [2.05, 4.69) is 15.1 Å². The minimum absolute atomic E-state index is 0.00494. The summed E-state index contributed by atoms with van der Waals surface area (Å²) >= 11 is 0. The molecule has 1 atom stereocenters. The molecule has 1 unspecified atom stereocenters. The van der Waals surface area contributed by atoms with Crippen LogP contribution in [-0.2, 0) is 4.74 Å². The van der Waals surface area contributed by atoms with Crippen LogP contribution >= 0.6 is 0 Å². The molecule has 5 rings (SSSR count). The number of nitrogens with one attached hydrogen (secondary N) is 1. The van der Waals surface area contributed by atoms with Crippen molar-refractivity contribution in [3.8, 4) is 5.75 Å². The van der Waals surface area contributed by atoms with Crippen LogP contribution in [0, 0.1) is 0 Å². The summed E-state index contributed by atoms with van der Waals surface area (Å²) in [6.07, 6.45) is 7.93. The summed E-state index contributed by atoms with van der Waals surface area (Å²) in [4.78, 5) is 18.2. The first-order chi connectivity index (χ1) is 20.0. The molecule has 2 heterocycles. The average Bonchev–Trinajstić information content (AvgIpc) is 3.02. The quantitative estimate of drug-likeness (QED) is 0.324. The van der Waals surface area contributed by atoms with Crippen LogP contribution in [0.15, 0.2) is 42.5 Å². The SMILES string of the molecule is Nc1ccc(C(=O)NCC2(N3CCOCC3)CCCCC2)cc1C(N)c1ccc(OC2CCN(CCO)CC2)cc1. The van der Waals surface area contributed by atoms with Gasteiger partial charge >= 0.3 is 0 Å². The number of aliphatic hydroxyl groups is 1. The number of carbonyl (C=O) groups excluding carboxylic acids is 1. The van der Waals surface area contributed by atoms with Crippen LogP contribution in [0.2, 0.25) is 0 Å². The third-order valence-electron chi connectivity index (χ3n) is 9.22. The number of ether oxygens (including phenoxy) is 2. The zero-order chi connectivity index (χ0) is 28.7. The molecular weight excluding hydrogens is 518 g/mol. The van der Waals surface area contributed by atoms with Crippen LogP contribution in [0.3, 0.4) is 0 Å². The van der Waals surface area contributed by atoms with Gasteiger partial charge in [0.05, 0.1) is 25.9 Å². The number of benzene rings is 2. The number of carbonyl (C=O) groups is 1. The highest BCUT2D eigenvalue weighted by Gasteiger charge is 2.39. The van der Waals surface area contributed by atoms with Crippen LogP contribution in [0.1, 0.15) is 72.5 Å². The van der Waals surface area contributed by atoms with Crippen LogP contribution in [0.4, 0.5) is 5.69 Å². The molecule has 41 heavy (non-hydrogen) atoms. The van der Waals surface area contributed by atoms with Gasteiger partial charge in [0.25, 0.3) is 5.91 Å². The molecule has 0 radical (unpaired) electrons. The van der Waals surface area contributed by atoms with Gasteiger partial charge in [-0.25, -0.2) is 0 Å². The number of piperidine rings is 1. The fraction of sp³-hybridized carbons (Fsp3) is 0.594. The molecule has 0 bridgehead atoms. The molecule has 6 N–H and O–H groups in total. The average molecular weight is 566 g/mol. The predicted octanol–water partition coefficient (Wildman–Crippen LogP) is 2.92. The van der Waals surface area contributed by atoms with Gasteiger partial charge in [0.1, 0.15) is 11.9 Å². The highest BCUT2D eigenvalue weighted by molar-refractivity contribution is 5.95. The maximum Gasteiger partial charge on any atom is 0.251 e.